The van der Waals surface area contributed by atoms with Crippen LogP contribution < -0.4 is 0 Å². The second kappa shape index (κ2) is 2.97. The highest BCUT2D eigenvalue weighted by Crippen LogP contribution is 2.25. The van der Waals surface area contributed by atoms with Crippen molar-refractivity contribution in [2.24, 2.45) is 10.9 Å². The summed E-state index contributed by atoms with van der Waals surface area (Å²) in [5, 5.41) is 0. The topological polar surface area (TPSA) is 21.6 Å². The van der Waals surface area contributed by atoms with E-state index in [0.717, 1.165) is 5.76 Å². The molecule has 0 N–H and O–H groups in total. The van der Waals surface area contributed by atoms with Crippen molar-refractivity contribution in [3.05, 3.63) is 36.1 Å². The molecular formula is C10H11NO. The molecule has 0 fully saturated rings. The molecule has 1 aliphatic heterocycles. The summed E-state index contributed by atoms with van der Waals surface area (Å²) < 4.78 is 5.22. The predicted molar refractivity (Wildman–Crippen MR) is 49.1 cm³/mol. The molecule has 2 rings (SSSR count). The summed E-state index contributed by atoms with van der Waals surface area (Å²) in [5.41, 5.74) is 0. The number of dihydropyridines is 1. The van der Waals surface area contributed by atoms with E-state index in [1.165, 1.54) is 0 Å². The standard InChI is InChI=1S/C10H11NO/c1-12-9-6-2-4-8-5-3-7-11-10(8)9/h2-8,10H,1H3. The third kappa shape index (κ3) is 1.09. The van der Waals surface area contributed by atoms with Crippen molar-refractivity contribution in [3.63, 3.8) is 0 Å². The molecule has 0 spiro atoms. The molecule has 0 saturated heterocycles. The lowest BCUT2D eigenvalue weighted by Gasteiger charge is -2.24. The summed E-state index contributed by atoms with van der Waals surface area (Å²) in [4.78, 5) is 4.35. The molecule has 0 aromatic rings. The second-order valence-electron chi connectivity index (χ2n) is 2.86. The first-order chi connectivity index (χ1) is 5.92. The molecule has 0 radical (unpaired) electrons. The Balaban J connectivity index is 2.28. The van der Waals surface area contributed by atoms with Crippen LogP contribution in [0, 0.1) is 5.92 Å². The number of methoxy groups -OCH3 is 1. The van der Waals surface area contributed by atoms with Gasteiger partial charge in [0.1, 0.15) is 11.8 Å². The zero-order valence-corrected chi connectivity index (χ0v) is 6.97. The molecule has 2 atom stereocenters. The Hall–Kier alpha value is -1.31. The van der Waals surface area contributed by atoms with E-state index in [4.69, 9.17) is 4.74 Å². The fourth-order valence-electron chi connectivity index (χ4n) is 1.52. The number of hydrogen-bond acceptors (Lipinski definition) is 2. The Kier molecular flexibility index (Phi) is 1.82. The van der Waals surface area contributed by atoms with Gasteiger partial charge < -0.3 is 4.74 Å². The van der Waals surface area contributed by atoms with Gasteiger partial charge in [-0.05, 0) is 12.2 Å². The number of allylic oxidation sites excluding steroid dienone is 3. The van der Waals surface area contributed by atoms with Crippen LogP contribution in [0.2, 0.25) is 0 Å². The van der Waals surface area contributed by atoms with E-state index in [0.29, 0.717) is 5.92 Å². The summed E-state index contributed by atoms with van der Waals surface area (Å²) in [6.45, 7) is 0. The molecule has 0 amide bonds. The minimum atomic E-state index is 0.171. The normalized spacial score (nSPS) is 31.2. The van der Waals surface area contributed by atoms with Crippen molar-refractivity contribution in [2.75, 3.05) is 7.11 Å². The highest BCUT2D eigenvalue weighted by molar-refractivity contribution is 5.73. The molecule has 2 heteroatoms. The zero-order chi connectivity index (χ0) is 8.39. The Morgan fingerprint density at radius 1 is 1.33 bits per heavy atom. The Bertz CT molecular complexity index is 286. The van der Waals surface area contributed by atoms with Crippen LogP contribution >= 0.6 is 0 Å². The van der Waals surface area contributed by atoms with E-state index in [2.05, 4.69) is 17.1 Å². The van der Waals surface area contributed by atoms with E-state index >= 15 is 0 Å². The molecule has 0 aromatic heterocycles. The van der Waals surface area contributed by atoms with Crippen molar-refractivity contribution in [2.45, 2.75) is 6.04 Å². The summed E-state index contributed by atoms with van der Waals surface area (Å²) >= 11 is 0. The summed E-state index contributed by atoms with van der Waals surface area (Å²) in [5.74, 6) is 1.33. The molecule has 2 unspecified atom stereocenters. The van der Waals surface area contributed by atoms with E-state index in [9.17, 15) is 0 Å². The minimum absolute atomic E-state index is 0.171. The maximum Gasteiger partial charge on any atom is 0.121 e. The van der Waals surface area contributed by atoms with Gasteiger partial charge in [-0.15, -0.1) is 0 Å². The number of fused-ring (bicyclic) bond motifs is 1. The Labute approximate surface area is 72.0 Å². The van der Waals surface area contributed by atoms with Crippen LogP contribution in [0.1, 0.15) is 0 Å². The van der Waals surface area contributed by atoms with Gasteiger partial charge in [-0.3, -0.25) is 4.99 Å². The van der Waals surface area contributed by atoms with Crippen LogP contribution in [0.3, 0.4) is 0 Å². The van der Waals surface area contributed by atoms with Crippen LogP contribution in [0.4, 0.5) is 0 Å². The summed E-state index contributed by atoms with van der Waals surface area (Å²) in [7, 11) is 1.69. The van der Waals surface area contributed by atoms with Crippen LogP contribution in [-0.2, 0) is 4.74 Å². The fraction of sp³-hybridized carbons (Fsp3) is 0.300. The van der Waals surface area contributed by atoms with Gasteiger partial charge in [0.2, 0.25) is 0 Å². The number of nitrogens with zero attached hydrogens (tertiary/aromatic N) is 1. The van der Waals surface area contributed by atoms with Gasteiger partial charge in [-0.1, -0.05) is 18.2 Å². The van der Waals surface area contributed by atoms with Crippen LogP contribution in [0.15, 0.2) is 41.1 Å². The first kappa shape index (κ1) is 7.35. The first-order valence-electron chi connectivity index (χ1n) is 4.04. The zero-order valence-electron chi connectivity index (χ0n) is 6.97. The fourth-order valence-corrected chi connectivity index (χ4v) is 1.52. The largest absolute Gasteiger partial charge is 0.499 e. The van der Waals surface area contributed by atoms with E-state index in [1.54, 1.807) is 7.11 Å². The monoisotopic (exact) mass is 161 g/mol. The maximum absolute atomic E-state index is 5.22. The number of aliphatic imine (C=N–C) groups is 1. The van der Waals surface area contributed by atoms with Crippen molar-refractivity contribution >= 4 is 6.21 Å². The van der Waals surface area contributed by atoms with Crippen LogP contribution in [0.25, 0.3) is 0 Å². The van der Waals surface area contributed by atoms with Gasteiger partial charge in [0.25, 0.3) is 0 Å². The quantitative estimate of drug-likeness (QED) is 0.573. The molecule has 2 nitrogen and oxygen atoms in total. The smallest absolute Gasteiger partial charge is 0.121 e. The van der Waals surface area contributed by atoms with E-state index in [-0.39, 0.29) is 6.04 Å². The third-order valence-corrected chi connectivity index (χ3v) is 2.15. The minimum Gasteiger partial charge on any atom is -0.499 e. The summed E-state index contributed by atoms with van der Waals surface area (Å²) in [6.07, 6.45) is 12.1. The molecule has 12 heavy (non-hydrogen) atoms. The molecule has 0 aromatic carbocycles. The third-order valence-electron chi connectivity index (χ3n) is 2.15. The van der Waals surface area contributed by atoms with E-state index in [1.807, 2.05) is 24.4 Å². The van der Waals surface area contributed by atoms with Gasteiger partial charge in [0.05, 0.1) is 7.11 Å². The van der Waals surface area contributed by atoms with Gasteiger partial charge in [-0.2, -0.15) is 0 Å². The van der Waals surface area contributed by atoms with Crippen LogP contribution in [-0.4, -0.2) is 19.4 Å². The Morgan fingerprint density at radius 2 is 2.17 bits per heavy atom. The lowest BCUT2D eigenvalue weighted by molar-refractivity contribution is 0.255. The maximum atomic E-state index is 5.22. The van der Waals surface area contributed by atoms with Gasteiger partial charge in [0.15, 0.2) is 0 Å². The van der Waals surface area contributed by atoms with Gasteiger partial charge in [0, 0.05) is 12.1 Å². The van der Waals surface area contributed by atoms with Crippen molar-refractivity contribution in [3.8, 4) is 0 Å². The molecule has 0 bridgehead atoms. The Morgan fingerprint density at radius 3 is 3.00 bits per heavy atom. The SMILES string of the molecule is COC1=CC=CC2C=CC=NC12. The molecule has 0 saturated carbocycles. The molecule has 62 valence electrons. The van der Waals surface area contributed by atoms with Crippen molar-refractivity contribution in [1.82, 2.24) is 0 Å². The first-order valence-corrected chi connectivity index (χ1v) is 4.04. The predicted octanol–water partition coefficient (Wildman–Crippen LogP) is 1.71. The molecule has 1 heterocycles. The van der Waals surface area contributed by atoms with Gasteiger partial charge in [-0.25, -0.2) is 0 Å². The van der Waals surface area contributed by atoms with Crippen LogP contribution in [0.5, 0.6) is 0 Å². The average Bonchev–Trinajstić information content (AvgIpc) is 2.17. The molecule has 2 aliphatic rings. The van der Waals surface area contributed by atoms with Crippen molar-refractivity contribution < 1.29 is 4.74 Å². The number of rotatable bonds is 1. The lowest BCUT2D eigenvalue weighted by Crippen LogP contribution is -2.23. The highest BCUT2D eigenvalue weighted by Gasteiger charge is 2.24. The highest BCUT2D eigenvalue weighted by atomic mass is 16.5. The van der Waals surface area contributed by atoms with Crippen molar-refractivity contribution in [1.29, 1.82) is 0 Å². The average molecular weight is 161 g/mol. The summed E-state index contributed by atoms with van der Waals surface area (Å²) in [6, 6.07) is 0.171. The lowest BCUT2D eigenvalue weighted by atomic mass is 9.92. The number of ether oxygens (including phenoxy) is 1. The molecular weight excluding hydrogens is 150 g/mol. The van der Waals surface area contributed by atoms with Gasteiger partial charge >= 0.3 is 0 Å². The second-order valence-corrected chi connectivity index (χ2v) is 2.86. The van der Waals surface area contributed by atoms with E-state index < -0.39 is 0 Å². The number of hydrogen-bond donors (Lipinski definition) is 0. The molecule has 1 aliphatic carbocycles.